The molecule has 0 saturated carbocycles. The smallest absolute Gasteiger partial charge is 0.0931 e. The highest BCUT2D eigenvalue weighted by Crippen LogP contribution is 2.29. The third kappa shape index (κ3) is 4.07. The van der Waals surface area contributed by atoms with Gasteiger partial charge in [0.25, 0.3) is 0 Å². The van der Waals surface area contributed by atoms with Gasteiger partial charge in [-0.25, -0.2) is 0 Å². The molecule has 1 aromatic carbocycles. The Morgan fingerprint density at radius 2 is 2.00 bits per heavy atom. The molecule has 2 aromatic rings. The zero-order chi connectivity index (χ0) is 13.7. The minimum absolute atomic E-state index is 0.405. The van der Waals surface area contributed by atoms with Gasteiger partial charge in [-0.15, -0.1) is 11.3 Å². The van der Waals surface area contributed by atoms with E-state index in [-0.39, 0.29) is 0 Å². The summed E-state index contributed by atoms with van der Waals surface area (Å²) in [5, 5.41) is 3.55. The lowest BCUT2D eigenvalue weighted by Gasteiger charge is -2.17. The van der Waals surface area contributed by atoms with E-state index in [4.69, 9.17) is 11.6 Å². The Morgan fingerprint density at radius 1 is 1.21 bits per heavy atom. The molecular formula is C16H20ClNS. The van der Waals surface area contributed by atoms with Crippen LogP contribution in [0.1, 0.15) is 35.4 Å². The van der Waals surface area contributed by atoms with E-state index in [1.807, 2.05) is 6.07 Å². The van der Waals surface area contributed by atoms with Crippen molar-refractivity contribution in [1.82, 2.24) is 5.32 Å². The first-order valence-electron chi connectivity index (χ1n) is 6.74. The summed E-state index contributed by atoms with van der Waals surface area (Å²) in [4.78, 5) is 1.33. The molecule has 102 valence electrons. The lowest BCUT2D eigenvalue weighted by Crippen LogP contribution is -2.20. The van der Waals surface area contributed by atoms with Crippen molar-refractivity contribution in [3.05, 3.63) is 56.7 Å². The van der Waals surface area contributed by atoms with Gasteiger partial charge in [0, 0.05) is 10.9 Å². The van der Waals surface area contributed by atoms with Crippen LogP contribution in [0.5, 0.6) is 0 Å². The van der Waals surface area contributed by atoms with Crippen LogP contribution in [-0.4, -0.2) is 6.54 Å². The van der Waals surface area contributed by atoms with Crippen molar-refractivity contribution in [3.63, 3.8) is 0 Å². The first-order chi connectivity index (χ1) is 9.20. The van der Waals surface area contributed by atoms with Gasteiger partial charge in [-0.3, -0.25) is 0 Å². The molecule has 1 aromatic heterocycles. The van der Waals surface area contributed by atoms with Crippen LogP contribution >= 0.6 is 22.9 Å². The molecule has 2 rings (SSSR count). The number of halogens is 1. The van der Waals surface area contributed by atoms with E-state index < -0.39 is 0 Å². The van der Waals surface area contributed by atoms with E-state index in [9.17, 15) is 0 Å². The van der Waals surface area contributed by atoms with Crippen LogP contribution < -0.4 is 5.32 Å². The monoisotopic (exact) mass is 293 g/mol. The van der Waals surface area contributed by atoms with Crippen molar-refractivity contribution >= 4 is 22.9 Å². The molecule has 0 aliphatic carbocycles. The molecule has 1 atom stereocenters. The quantitative estimate of drug-likeness (QED) is 0.791. The van der Waals surface area contributed by atoms with E-state index in [1.165, 1.54) is 16.0 Å². The molecule has 0 saturated heterocycles. The van der Waals surface area contributed by atoms with Crippen molar-refractivity contribution in [1.29, 1.82) is 0 Å². The van der Waals surface area contributed by atoms with E-state index >= 15 is 0 Å². The Balaban J connectivity index is 2.03. The molecule has 3 heteroatoms. The molecule has 0 radical (unpaired) electrons. The Bertz CT molecular complexity index is 521. The summed E-state index contributed by atoms with van der Waals surface area (Å²) in [5.74, 6) is 0. The number of nitrogens with one attached hydrogen (secondary N) is 1. The number of rotatable bonds is 6. The van der Waals surface area contributed by atoms with E-state index in [2.05, 4.69) is 49.5 Å². The predicted octanol–water partition coefficient (Wildman–Crippen LogP) is 4.99. The van der Waals surface area contributed by atoms with Crippen LogP contribution in [0.15, 0.2) is 36.4 Å². The molecule has 0 fully saturated rings. The van der Waals surface area contributed by atoms with Gasteiger partial charge in [-0.1, -0.05) is 42.8 Å². The SMILES string of the molecule is CCNC(CCc1ccccc1C)c1ccc(Cl)s1. The van der Waals surface area contributed by atoms with E-state index in [1.54, 1.807) is 11.3 Å². The highest BCUT2D eigenvalue weighted by atomic mass is 35.5. The van der Waals surface area contributed by atoms with Gasteiger partial charge < -0.3 is 5.32 Å². The third-order valence-corrected chi connectivity index (χ3v) is 4.70. The van der Waals surface area contributed by atoms with Crippen LogP contribution in [0.25, 0.3) is 0 Å². The number of benzene rings is 1. The maximum absolute atomic E-state index is 6.04. The zero-order valence-electron chi connectivity index (χ0n) is 11.4. The second-order valence-electron chi connectivity index (χ2n) is 4.72. The maximum atomic E-state index is 6.04. The van der Waals surface area contributed by atoms with E-state index in [0.29, 0.717) is 6.04 Å². The standard InChI is InChI=1S/C16H20ClNS/c1-3-18-14(15-10-11-16(17)19-15)9-8-13-7-5-4-6-12(13)2/h4-7,10-11,14,18H,3,8-9H2,1-2H3. The average molecular weight is 294 g/mol. The molecule has 19 heavy (non-hydrogen) atoms. The lowest BCUT2D eigenvalue weighted by molar-refractivity contribution is 0.522. The topological polar surface area (TPSA) is 12.0 Å². The molecule has 0 aliphatic heterocycles. The predicted molar refractivity (Wildman–Crippen MR) is 85.2 cm³/mol. The Hall–Kier alpha value is -0.830. The first-order valence-corrected chi connectivity index (χ1v) is 7.93. The normalized spacial score (nSPS) is 12.6. The summed E-state index contributed by atoms with van der Waals surface area (Å²) >= 11 is 7.72. The van der Waals surface area contributed by atoms with Crippen LogP contribution in [-0.2, 0) is 6.42 Å². The van der Waals surface area contributed by atoms with Crippen molar-refractivity contribution in [3.8, 4) is 0 Å². The fourth-order valence-corrected chi connectivity index (χ4v) is 3.47. The number of aryl methyl sites for hydroxylation is 2. The summed E-state index contributed by atoms with van der Waals surface area (Å²) in [6.45, 7) is 5.31. The summed E-state index contributed by atoms with van der Waals surface area (Å²) in [6, 6.07) is 13.1. The van der Waals surface area contributed by atoms with E-state index in [0.717, 1.165) is 23.7 Å². The average Bonchev–Trinajstić information content (AvgIpc) is 2.83. The second-order valence-corrected chi connectivity index (χ2v) is 6.46. The maximum Gasteiger partial charge on any atom is 0.0931 e. The zero-order valence-corrected chi connectivity index (χ0v) is 13.0. The van der Waals surface area contributed by atoms with Gasteiger partial charge >= 0.3 is 0 Å². The van der Waals surface area contributed by atoms with Gasteiger partial charge in [0.1, 0.15) is 0 Å². The molecule has 1 unspecified atom stereocenters. The van der Waals surface area contributed by atoms with Gasteiger partial charge in [0.2, 0.25) is 0 Å². The summed E-state index contributed by atoms with van der Waals surface area (Å²) in [5.41, 5.74) is 2.81. The van der Waals surface area contributed by atoms with Crippen molar-refractivity contribution in [2.24, 2.45) is 0 Å². The molecule has 0 bridgehead atoms. The van der Waals surface area contributed by atoms with Crippen molar-refractivity contribution in [2.45, 2.75) is 32.7 Å². The summed E-state index contributed by atoms with van der Waals surface area (Å²) in [6.07, 6.45) is 2.20. The lowest BCUT2D eigenvalue weighted by atomic mass is 10.0. The molecular weight excluding hydrogens is 274 g/mol. The Labute approximate surface area is 124 Å². The molecule has 1 nitrogen and oxygen atoms in total. The molecule has 0 spiro atoms. The molecule has 0 aliphatic rings. The molecule has 1 heterocycles. The Morgan fingerprint density at radius 3 is 2.63 bits per heavy atom. The van der Waals surface area contributed by atoms with Crippen LogP contribution in [0.2, 0.25) is 4.34 Å². The molecule has 1 N–H and O–H groups in total. The van der Waals surface area contributed by atoms with Gasteiger partial charge in [-0.05, 0) is 49.6 Å². The summed E-state index contributed by atoms with van der Waals surface area (Å²) in [7, 11) is 0. The number of hydrogen-bond acceptors (Lipinski definition) is 2. The van der Waals surface area contributed by atoms with Crippen molar-refractivity contribution < 1.29 is 0 Å². The highest BCUT2D eigenvalue weighted by molar-refractivity contribution is 7.16. The minimum atomic E-state index is 0.405. The van der Waals surface area contributed by atoms with Gasteiger partial charge in [0.05, 0.1) is 4.34 Å². The van der Waals surface area contributed by atoms with Gasteiger partial charge in [-0.2, -0.15) is 0 Å². The number of thiophene rings is 1. The number of hydrogen-bond donors (Lipinski definition) is 1. The highest BCUT2D eigenvalue weighted by Gasteiger charge is 2.13. The molecule has 0 amide bonds. The Kier molecular flexibility index (Phi) is 5.44. The largest absolute Gasteiger partial charge is 0.310 e. The summed E-state index contributed by atoms with van der Waals surface area (Å²) < 4.78 is 0.869. The first kappa shape index (κ1) is 14.6. The third-order valence-electron chi connectivity index (χ3n) is 3.35. The van der Waals surface area contributed by atoms with Crippen LogP contribution in [0, 0.1) is 6.92 Å². The van der Waals surface area contributed by atoms with Crippen molar-refractivity contribution in [2.75, 3.05) is 6.54 Å². The minimum Gasteiger partial charge on any atom is -0.310 e. The van der Waals surface area contributed by atoms with Gasteiger partial charge in [0.15, 0.2) is 0 Å². The second kappa shape index (κ2) is 7.09. The van der Waals surface area contributed by atoms with Crippen LogP contribution in [0.4, 0.5) is 0 Å². The fourth-order valence-electron chi connectivity index (χ4n) is 2.30. The van der Waals surface area contributed by atoms with Crippen LogP contribution in [0.3, 0.4) is 0 Å². The fraction of sp³-hybridized carbons (Fsp3) is 0.375.